The molecule has 0 aromatic heterocycles. The molecule has 0 fully saturated rings. The van der Waals surface area contributed by atoms with Crippen molar-refractivity contribution in [1.82, 2.24) is 0 Å². The van der Waals surface area contributed by atoms with Crippen molar-refractivity contribution in [3.8, 4) is 5.75 Å². The Morgan fingerprint density at radius 1 is 1.32 bits per heavy atom. The van der Waals surface area contributed by atoms with Crippen LogP contribution in [0.5, 0.6) is 5.75 Å². The molecule has 5 nitrogen and oxygen atoms in total. The summed E-state index contributed by atoms with van der Waals surface area (Å²) in [4.78, 5) is 21.2. The zero-order valence-electron chi connectivity index (χ0n) is 9.76. The van der Waals surface area contributed by atoms with Crippen LogP contribution in [0.15, 0.2) is 18.2 Å². The van der Waals surface area contributed by atoms with E-state index in [1.807, 2.05) is 0 Å². The number of ether oxygens (including phenoxy) is 1. The summed E-state index contributed by atoms with van der Waals surface area (Å²) in [7, 11) is 0. The topological polar surface area (TPSA) is 83.8 Å². The van der Waals surface area contributed by atoms with E-state index in [-0.39, 0.29) is 21.4 Å². The second-order valence-corrected chi connectivity index (χ2v) is 4.42. The van der Waals surface area contributed by atoms with E-state index in [0.717, 1.165) is 6.08 Å². The van der Waals surface area contributed by atoms with Crippen LogP contribution in [0.1, 0.15) is 12.5 Å². The maximum atomic E-state index is 10.8. The van der Waals surface area contributed by atoms with Gasteiger partial charge in [-0.1, -0.05) is 23.2 Å². The molecule has 7 heteroatoms. The largest absolute Gasteiger partial charge is 0.479 e. The highest BCUT2D eigenvalue weighted by Crippen LogP contribution is 2.34. The van der Waals surface area contributed by atoms with E-state index >= 15 is 0 Å². The van der Waals surface area contributed by atoms with Crippen molar-refractivity contribution < 1.29 is 24.5 Å². The molecule has 0 saturated carbocycles. The van der Waals surface area contributed by atoms with E-state index in [9.17, 15) is 9.59 Å². The summed E-state index contributed by atoms with van der Waals surface area (Å²) in [5.41, 5.74) is 0.285. The van der Waals surface area contributed by atoms with Gasteiger partial charge in [-0.3, -0.25) is 0 Å². The lowest BCUT2D eigenvalue weighted by Gasteiger charge is -2.14. The van der Waals surface area contributed by atoms with Gasteiger partial charge < -0.3 is 14.9 Å². The van der Waals surface area contributed by atoms with Crippen molar-refractivity contribution in [3.63, 3.8) is 0 Å². The molecule has 2 N–H and O–H groups in total. The van der Waals surface area contributed by atoms with Crippen molar-refractivity contribution in [2.24, 2.45) is 0 Å². The molecule has 0 amide bonds. The van der Waals surface area contributed by atoms with Gasteiger partial charge in [0.2, 0.25) is 0 Å². The fourth-order valence-corrected chi connectivity index (χ4v) is 1.77. The third kappa shape index (κ3) is 4.46. The molecule has 19 heavy (non-hydrogen) atoms. The first-order chi connectivity index (χ1) is 8.81. The molecule has 0 spiro atoms. The Bertz CT molecular complexity index is 539. The van der Waals surface area contributed by atoms with E-state index in [1.165, 1.54) is 25.1 Å². The lowest BCUT2D eigenvalue weighted by Crippen LogP contribution is -2.23. The van der Waals surface area contributed by atoms with Crippen molar-refractivity contribution in [2.75, 3.05) is 0 Å². The number of carboxylic acid groups (broad SMARTS) is 2. The Morgan fingerprint density at radius 3 is 2.47 bits per heavy atom. The molecule has 1 unspecified atom stereocenters. The zero-order valence-corrected chi connectivity index (χ0v) is 11.3. The van der Waals surface area contributed by atoms with Crippen LogP contribution in [-0.2, 0) is 9.59 Å². The monoisotopic (exact) mass is 304 g/mol. The summed E-state index contributed by atoms with van der Waals surface area (Å²) in [5, 5.41) is 17.8. The van der Waals surface area contributed by atoms with Gasteiger partial charge in [0.15, 0.2) is 6.10 Å². The SMILES string of the molecule is CC(Oc1c(Cl)cc(Cl)cc1/C=C/C(=O)O)C(=O)O. The average molecular weight is 305 g/mol. The minimum atomic E-state index is -1.17. The zero-order chi connectivity index (χ0) is 14.6. The first-order valence-electron chi connectivity index (χ1n) is 5.10. The number of carbonyl (C=O) groups is 2. The molecular formula is C12H10Cl2O5. The lowest BCUT2D eigenvalue weighted by molar-refractivity contribution is -0.144. The van der Waals surface area contributed by atoms with Crippen LogP contribution in [0.25, 0.3) is 6.08 Å². The number of hydrogen-bond acceptors (Lipinski definition) is 3. The quantitative estimate of drug-likeness (QED) is 0.817. The highest BCUT2D eigenvalue weighted by atomic mass is 35.5. The summed E-state index contributed by atoms with van der Waals surface area (Å²) in [6.45, 7) is 1.33. The number of halogens is 2. The molecule has 0 heterocycles. The van der Waals surface area contributed by atoms with E-state index in [0.29, 0.717) is 0 Å². The summed E-state index contributed by atoms with van der Waals surface area (Å²) in [6.07, 6.45) is 0.972. The van der Waals surface area contributed by atoms with Crippen molar-refractivity contribution in [2.45, 2.75) is 13.0 Å². The summed E-state index contributed by atoms with van der Waals surface area (Å²) in [6, 6.07) is 2.81. The van der Waals surface area contributed by atoms with Crippen LogP contribution in [0.2, 0.25) is 10.0 Å². The van der Waals surface area contributed by atoms with Crippen molar-refractivity contribution >= 4 is 41.2 Å². The fourth-order valence-electron chi connectivity index (χ4n) is 1.22. The molecule has 0 bridgehead atoms. The fraction of sp³-hybridized carbons (Fsp3) is 0.167. The van der Waals surface area contributed by atoms with Gasteiger partial charge in [0.1, 0.15) is 5.75 Å². The van der Waals surface area contributed by atoms with Crippen LogP contribution >= 0.6 is 23.2 Å². The van der Waals surface area contributed by atoms with E-state index in [1.54, 1.807) is 0 Å². The highest BCUT2D eigenvalue weighted by molar-refractivity contribution is 6.36. The predicted molar refractivity (Wildman–Crippen MR) is 70.9 cm³/mol. The van der Waals surface area contributed by atoms with Gasteiger partial charge in [0, 0.05) is 16.7 Å². The molecule has 1 atom stereocenters. The van der Waals surface area contributed by atoms with Crippen LogP contribution in [0, 0.1) is 0 Å². The Morgan fingerprint density at radius 2 is 1.95 bits per heavy atom. The Labute approximate surface area is 119 Å². The number of hydrogen-bond donors (Lipinski definition) is 2. The molecule has 0 aliphatic rings. The Balaban J connectivity index is 3.20. The Hall–Kier alpha value is -1.72. The van der Waals surface area contributed by atoms with Gasteiger partial charge in [0.25, 0.3) is 0 Å². The van der Waals surface area contributed by atoms with Crippen LogP contribution in [-0.4, -0.2) is 28.3 Å². The third-order valence-corrected chi connectivity index (χ3v) is 2.58. The molecule has 0 aliphatic carbocycles. The lowest BCUT2D eigenvalue weighted by atomic mass is 10.2. The average Bonchev–Trinajstić information content (AvgIpc) is 2.29. The standard InChI is InChI=1S/C12H10Cl2O5/c1-6(12(17)18)19-11-7(2-3-10(15)16)4-8(13)5-9(11)14/h2-6H,1H3,(H,15,16)(H,17,18)/b3-2+. The minimum Gasteiger partial charge on any atom is -0.479 e. The van der Waals surface area contributed by atoms with Gasteiger partial charge in [-0.05, 0) is 25.1 Å². The van der Waals surface area contributed by atoms with Crippen LogP contribution in [0.3, 0.4) is 0 Å². The van der Waals surface area contributed by atoms with Crippen LogP contribution in [0.4, 0.5) is 0 Å². The van der Waals surface area contributed by atoms with Crippen molar-refractivity contribution in [1.29, 1.82) is 0 Å². The second kappa shape index (κ2) is 6.45. The van der Waals surface area contributed by atoms with Gasteiger partial charge in [-0.15, -0.1) is 0 Å². The number of carboxylic acids is 2. The second-order valence-electron chi connectivity index (χ2n) is 3.58. The third-order valence-electron chi connectivity index (χ3n) is 2.08. The number of benzene rings is 1. The summed E-state index contributed by atoms with van der Waals surface area (Å²) >= 11 is 11.7. The van der Waals surface area contributed by atoms with Crippen molar-refractivity contribution in [3.05, 3.63) is 33.8 Å². The molecule has 102 valence electrons. The van der Waals surface area contributed by atoms with Crippen LogP contribution < -0.4 is 4.74 Å². The summed E-state index contributed by atoms with van der Waals surface area (Å²) < 4.78 is 5.19. The molecule has 1 aromatic rings. The normalized spacial score (nSPS) is 12.4. The highest BCUT2D eigenvalue weighted by Gasteiger charge is 2.17. The minimum absolute atomic E-state index is 0.0680. The molecule has 1 rings (SSSR count). The summed E-state index contributed by atoms with van der Waals surface area (Å²) in [5.74, 6) is -2.26. The number of rotatable bonds is 5. The van der Waals surface area contributed by atoms with E-state index in [2.05, 4.69) is 0 Å². The molecule has 0 saturated heterocycles. The number of aliphatic carboxylic acids is 2. The predicted octanol–water partition coefficient (Wildman–Crippen LogP) is 2.94. The molecule has 0 aliphatic heterocycles. The molecule has 1 aromatic carbocycles. The van der Waals surface area contributed by atoms with E-state index < -0.39 is 18.0 Å². The smallest absolute Gasteiger partial charge is 0.344 e. The van der Waals surface area contributed by atoms with Gasteiger partial charge >= 0.3 is 11.9 Å². The first-order valence-corrected chi connectivity index (χ1v) is 5.86. The maximum absolute atomic E-state index is 10.8. The van der Waals surface area contributed by atoms with Gasteiger partial charge in [0.05, 0.1) is 5.02 Å². The maximum Gasteiger partial charge on any atom is 0.344 e. The van der Waals surface area contributed by atoms with E-state index in [4.69, 9.17) is 38.2 Å². The molecular weight excluding hydrogens is 295 g/mol. The van der Waals surface area contributed by atoms with Gasteiger partial charge in [-0.25, -0.2) is 9.59 Å². The van der Waals surface area contributed by atoms with Gasteiger partial charge in [-0.2, -0.15) is 0 Å². The molecule has 0 radical (unpaired) electrons. The first kappa shape index (κ1) is 15.3. The Kier molecular flexibility index (Phi) is 5.20.